The van der Waals surface area contributed by atoms with Crippen LogP contribution in [-0.2, 0) is 5.54 Å². The summed E-state index contributed by atoms with van der Waals surface area (Å²) in [7, 11) is 0. The van der Waals surface area contributed by atoms with Crippen molar-refractivity contribution in [1.29, 1.82) is 0 Å². The van der Waals surface area contributed by atoms with E-state index >= 15 is 0 Å². The number of carbonyl (C=O) groups is 1. The van der Waals surface area contributed by atoms with Crippen molar-refractivity contribution in [2.24, 2.45) is 0 Å². The summed E-state index contributed by atoms with van der Waals surface area (Å²) in [6.45, 7) is 2.54. The molecule has 0 aliphatic carbocycles. The van der Waals surface area contributed by atoms with Crippen LogP contribution in [0.2, 0.25) is 0 Å². The lowest BCUT2D eigenvalue weighted by atomic mass is 9.86. The first-order valence-electron chi connectivity index (χ1n) is 5.15. The van der Waals surface area contributed by atoms with Crippen LogP contribution < -0.4 is 0 Å². The van der Waals surface area contributed by atoms with Crippen LogP contribution >= 0.6 is 0 Å². The third-order valence-electron chi connectivity index (χ3n) is 3.17. The molecule has 5 heteroatoms. The minimum atomic E-state index is -0.861. The van der Waals surface area contributed by atoms with Gasteiger partial charge in [-0.1, -0.05) is 0 Å². The zero-order valence-electron chi connectivity index (χ0n) is 8.73. The molecule has 1 aliphatic rings. The van der Waals surface area contributed by atoms with Gasteiger partial charge in [0.2, 0.25) is 0 Å². The van der Waals surface area contributed by atoms with Crippen molar-refractivity contribution in [2.75, 3.05) is 6.54 Å². The summed E-state index contributed by atoms with van der Waals surface area (Å²) in [6, 6.07) is 1.85. The van der Waals surface area contributed by atoms with Gasteiger partial charge in [0.15, 0.2) is 0 Å². The molecule has 2 rings (SSSR count). The van der Waals surface area contributed by atoms with Gasteiger partial charge in [0, 0.05) is 12.7 Å². The van der Waals surface area contributed by atoms with Gasteiger partial charge in [-0.05, 0) is 32.3 Å². The zero-order chi connectivity index (χ0) is 10.9. The van der Waals surface area contributed by atoms with Crippen LogP contribution in [0.25, 0.3) is 0 Å². The molecule has 5 nitrogen and oxygen atoms in total. The number of nitrogens with zero attached hydrogens (tertiary/aromatic N) is 2. The normalized spacial score (nSPS) is 26.6. The summed E-state index contributed by atoms with van der Waals surface area (Å²) in [4.78, 5) is 12.6. The van der Waals surface area contributed by atoms with E-state index in [2.05, 4.69) is 10.2 Å². The number of piperidine rings is 1. The molecule has 1 saturated heterocycles. The average Bonchev–Trinajstić information content (AvgIpc) is 2.71. The van der Waals surface area contributed by atoms with Crippen molar-refractivity contribution < 1.29 is 9.90 Å². The minimum absolute atomic E-state index is 0.468. The van der Waals surface area contributed by atoms with Gasteiger partial charge in [0.1, 0.15) is 0 Å². The van der Waals surface area contributed by atoms with E-state index in [1.807, 2.05) is 13.0 Å². The van der Waals surface area contributed by atoms with Gasteiger partial charge in [-0.3, -0.25) is 10.00 Å². The van der Waals surface area contributed by atoms with Gasteiger partial charge in [-0.15, -0.1) is 0 Å². The molecule has 1 atom stereocenters. The van der Waals surface area contributed by atoms with Crippen molar-refractivity contribution in [2.45, 2.75) is 31.7 Å². The number of hydrogen-bond acceptors (Lipinski definition) is 2. The first kappa shape index (κ1) is 10.0. The highest BCUT2D eigenvalue weighted by Gasteiger charge is 2.40. The third-order valence-corrected chi connectivity index (χ3v) is 3.17. The lowest BCUT2D eigenvalue weighted by Gasteiger charge is -2.41. The molecule has 0 spiro atoms. The van der Waals surface area contributed by atoms with E-state index in [4.69, 9.17) is 5.11 Å². The van der Waals surface area contributed by atoms with Crippen LogP contribution in [0.3, 0.4) is 0 Å². The van der Waals surface area contributed by atoms with Crippen molar-refractivity contribution in [3.63, 3.8) is 0 Å². The third kappa shape index (κ3) is 1.58. The predicted molar refractivity (Wildman–Crippen MR) is 54.5 cm³/mol. The molecule has 1 fully saturated rings. The maximum absolute atomic E-state index is 11.2. The second kappa shape index (κ2) is 3.56. The summed E-state index contributed by atoms with van der Waals surface area (Å²) in [5, 5.41) is 16.0. The molecule has 0 radical (unpaired) electrons. The van der Waals surface area contributed by atoms with Crippen LogP contribution in [0.1, 0.15) is 31.9 Å². The van der Waals surface area contributed by atoms with Gasteiger partial charge in [0.25, 0.3) is 0 Å². The Balaban J connectivity index is 2.34. The Morgan fingerprint density at radius 3 is 3.07 bits per heavy atom. The fourth-order valence-corrected chi connectivity index (χ4v) is 2.25. The first-order chi connectivity index (χ1) is 7.14. The van der Waals surface area contributed by atoms with Crippen LogP contribution in [0, 0.1) is 0 Å². The summed E-state index contributed by atoms with van der Waals surface area (Å²) in [6.07, 6.45) is 3.69. The van der Waals surface area contributed by atoms with Gasteiger partial charge >= 0.3 is 6.09 Å². The molecule has 2 N–H and O–H groups in total. The summed E-state index contributed by atoms with van der Waals surface area (Å²) >= 11 is 0. The molecule has 2 heterocycles. The number of amides is 1. The quantitative estimate of drug-likeness (QED) is 0.740. The first-order valence-corrected chi connectivity index (χ1v) is 5.15. The molecule has 82 valence electrons. The average molecular weight is 209 g/mol. The van der Waals surface area contributed by atoms with E-state index in [-0.39, 0.29) is 0 Å². The molecule has 0 bridgehead atoms. The maximum Gasteiger partial charge on any atom is 0.408 e. The van der Waals surface area contributed by atoms with Crippen molar-refractivity contribution in [3.05, 3.63) is 18.0 Å². The molecule has 0 aromatic carbocycles. The largest absolute Gasteiger partial charge is 0.465 e. The number of carboxylic acid groups (broad SMARTS) is 1. The Morgan fingerprint density at radius 2 is 2.47 bits per heavy atom. The number of likely N-dealkylation sites (tertiary alicyclic amines) is 1. The molecular formula is C10H15N3O2. The highest BCUT2D eigenvalue weighted by atomic mass is 16.4. The Morgan fingerprint density at radius 1 is 1.67 bits per heavy atom. The van der Waals surface area contributed by atoms with Crippen LogP contribution in [0.15, 0.2) is 12.3 Å². The zero-order valence-corrected chi connectivity index (χ0v) is 8.73. The van der Waals surface area contributed by atoms with Crippen LogP contribution in [0.4, 0.5) is 4.79 Å². The van der Waals surface area contributed by atoms with Crippen LogP contribution in [0.5, 0.6) is 0 Å². The van der Waals surface area contributed by atoms with E-state index in [1.54, 1.807) is 6.20 Å². The standard InChI is InChI=1S/C10H15N3O2/c1-10(8-4-6-11-12-8)5-2-3-7-13(10)9(14)15/h4,6H,2-3,5,7H2,1H3,(H,11,12)(H,14,15). The molecule has 1 aliphatic heterocycles. The summed E-state index contributed by atoms with van der Waals surface area (Å²) in [5.74, 6) is 0. The molecule has 1 amide bonds. The SMILES string of the molecule is CC1(c2cc[nH]n2)CCCCN1C(=O)O. The monoisotopic (exact) mass is 209 g/mol. The summed E-state index contributed by atoms with van der Waals surface area (Å²) in [5.41, 5.74) is 0.342. The second-order valence-electron chi connectivity index (χ2n) is 4.12. The number of rotatable bonds is 1. The topological polar surface area (TPSA) is 69.2 Å². The number of aromatic amines is 1. The predicted octanol–water partition coefficient (Wildman–Crippen LogP) is 1.79. The highest BCUT2D eigenvalue weighted by molar-refractivity contribution is 5.66. The van der Waals surface area contributed by atoms with E-state index in [0.717, 1.165) is 25.0 Å². The molecule has 0 saturated carbocycles. The van der Waals surface area contributed by atoms with Crippen molar-refractivity contribution >= 4 is 6.09 Å². The van der Waals surface area contributed by atoms with Crippen molar-refractivity contribution in [3.8, 4) is 0 Å². The molecule has 15 heavy (non-hydrogen) atoms. The van der Waals surface area contributed by atoms with E-state index < -0.39 is 11.6 Å². The number of H-pyrrole nitrogens is 1. The van der Waals surface area contributed by atoms with Gasteiger partial charge in [0.05, 0.1) is 11.2 Å². The fourth-order valence-electron chi connectivity index (χ4n) is 2.25. The highest BCUT2D eigenvalue weighted by Crippen LogP contribution is 2.35. The van der Waals surface area contributed by atoms with Gasteiger partial charge < -0.3 is 5.11 Å². The van der Waals surface area contributed by atoms with Gasteiger partial charge in [-0.25, -0.2) is 4.79 Å². The van der Waals surface area contributed by atoms with Crippen LogP contribution in [-0.4, -0.2) is 32.8 Å². The second-order valence-corrected chi connectivity index (χ2v) is 4.12. The Kier molecular flexibility index (Phi) is 2.38. The molecule has 1 aromatic rings. The van der Waals surface area contributed by atoms with Crippen molar-refractivity contribution in [1.82, 2.24) is 15.1 Å². The fraction of sp³-hybridized carbons (Fsp3) is 0.600. The van der Waals surface area contributed by atoms with E-state index in [0.29, 0.717) is 6.54 Å². The number of aromatic nitrogens is 2. The molecule has 1 unspecified atom stereocenters. The molecule has 1 aromatic heterocycles. The number of nitrogens with one attached hydrogen (secondary N) is 1. The maximum atomic E-state index is 11.2. The smallest absolute Gasteiger partial charge is 0.408 e. The van der Waals surface area contributed by atoms with Gasteiger partial charge in [-0.2, -0.15) is 5.10 Å². The molecular weight excluding hydrogens is 194 g/mol. The lowest BCUT2D eigenvalue weighted by Crippen LogP contribution is -2.50. The van der Waals surface area contributed by atoms with E-state index in [1.165, 1.54) is 4.90 Å². The van der Waals surface area contributed by atoms with E-state index in [9.17, 15) is 4.79 Å². The summed E-state index contributed by atoms with van der Waals surface area (Å²) < 4.78 is 0. The Hall–Kier alpha value is -1.52. The minimum Gasteiger partial charge on any atom is -0.465 e. The Bertz CT molecular complexity index is 350. The lowest BCUT2D eigenvalue weighted by molar-refractivity contribution is 0.0534. The Labute approximate surface area is 88.1 Å². The number of hydrogen-bond donors (Lipinski definition) is 2.